The third-order valence-electron chi connectivity index (χ3n) is 3.30. The van der Waals surface area contributed by atoms with E-state index in [0.717, 1.165) is 16.5 Å². The summed E-state index contributed by atoms with van der Waals surface area (Å²) in [7, 11) is 0. The molecule has 4 N–H and O–H groups in total. The third kappa shape index (κ3) is 5.82. The van der Waals surface area contributed by atoms with Crippen molar-refractivity contribution < 1.29 is 4.79 Å². The largest absolute Gasteiger partial charge is 0.399 e. The Morgan fingerprint density at radius 2 is 2.12 bits per heavy atom. The number of hydrogen-bond acceptors (Lipinski definition) is 4. The first-order valence-electron chi connectivity index (χ1n) is 7.44. The summed E-state index contributed by atoms with van der Waals surface area (Å²) >= 11 is 9.43. The molecule has 0 atom stereocenters. The van der Waals surface area contributed by atoms with Gasteiger partial charge >= 0.3 is 0 Å². The number of rotatable bonds is 6. The summed E-state index contributed by atoms with van der Waals surface area (Å²) in [6.45, 7) is 0.595. The van der Waals surface area contributed by atoms with Gasteiger partial charge < -0.3 is 16.4 Å². The number of anilines is 2. The lowest BCUT2D eigenvalue weighted by Gasteiger charge is -2.08. The van der Waals surface area contributed by atoms with Gasteiger partial charge in [0.05, 0.1) is 10.7 Å². The lowest BCUT2D eigenvalue weighted by molar-refractivity contribution is -0.112. The van der Waals surface area contributed by atoms with Crippen LogP contribution in [0, 0.1) is 11.3 Å². The molecule has 0 spiro atoms. The highest BCUT2D eigenvalue weighted by Crippen LogP contribution is 2.24. The maximum atomic E-state index is 12.2. The molecule has 0 radical (unpaired) electrons. The van der Waals surface area contributed by atoms with E-state index >= 15 is 0 Å². The second-order valence-corrected chi connectivity index (χ2v) is 6.52. The first-order chi connectivity index (χ1) is 12.0. The number of carbonyl (C=O) groups excluding carboxylic acids is 1. The summed E-state index contributed by atoms with van der Waals surface area (Å²) in [6, 6.07) is 14.6. The van der Waals surface area contributed by atoms with Gasteiger partial charge in [0.25, 0.3) is 5.91 Å². The van der Waals surface area contributed by atoms with Crippen LogP contribution in [0.3, 0.4) is 0 Å². The molecule has 2 rings (SSSR count). The summed E-state index contributed by atoms with van der Waals surface area (Å²) in [4.78, 5) is 12.2. The van der Waals surface area contributed by atoms with Gasteiger partial charge in [-0.3, -0.25) is 4.79 Å². The van der Waals surface area contributed by atoms with Gasteiger partial charge in [-0.25, -0.2) is 0 Å². The molecule has 5 nitrogen and oxygen atoms in total. The van der Waals surface area contributed by atoms with Crippen molar-refractivity contribution in [1.82, 2.24) is 5.32 Å². The zero-order valence-corrected chi connectivity index (χ0v) is 15.6. The van der Waals surface area contributed by atoms with Crippen molar-refractivity contribution in [1.29, 1.82) is 5.26 Å². The van der Waals surface area contributed by atoms with Gasteiger partial charge in [-0.05, 0) is 42.3 Å². The fraction of sp³-hybridized carbons (Fsp3) is 0.111. The monoisotopic (exact) mass is 418 g/mol. The van der Waals surface area contributed by atoms with Crippen molar-refractivity contribution in [3.05, 3.63) is 69.3 Å². The van der Waals surface area contributed by atoms with Gasteiger partial charge in [-0.2, -0.15) is 5.26 Å². The van der Waals surface area contributed by atoms with Crippen molar-refractivity contribution in [3.8, 4) is 6.07 Å². The van der Waals surface area contributed by atoms with Gasteiger partial charge in [-0.15, -0.1) is 0 Å². The van der Waals surface area contributed by atoms with Crippen LogP contribution in [0.1, 0.15) is 5.56 Å². The van der Waals surface area contributed by atoms with Gasteiger partial charge in [0.15, 0.2) is 0 Å². The lowest BCUT2D eigenvalue weighted by atomic mass is 10.1. The molecule has 25 heavy (non-hydrogen) atoms. The van der Waals surface area contributed by atoms with E-state index in [4.69, 9.17) is 22.6 Å². The zero-order valence-electron chi connectivity index (χ0n) is 13.2. The van der Waals surface area contributed by atoms with Crippen LogP contribution in [-0.2, 0) is 11.2 Å². The summed E-state index contributed by atoms with van der Waals surface area (Å²) in [5.41, 5.74) is 7.61. The Balaban J connectivity index is 1.92. The minimum Gasteiger partial charge on any atom is -0.399 e. The normalized spacial score (nSPS) is 10.8. The number of nitrogens with one attached hydrogen (secondary N) is 2. The van der Waals surface area contributed by atoms with Crippen LogP contribution >= 0.6 is 27.5 Å². The molecule has 0 saturated heterocycles. The molecule has 2 aromatic carbocycles. The molecular weight excluding hydrogens is 404 g/mol. The Labute approximate surface area is 159 Å². The standard InChI is InChI=1S/C18H16BrClN4O/c19-14-3-1-2-12(8-14)6-7-23-11-13(10-21)18(25)24-17-5-4-15(22)9-16(17)20/h1-5,8-9,11,23H,6-7,22H2,(H,24,25)/b13-11-. The van der Waals surface area contributed by atoms with Crippen molar-refractivity contribution in [2.45, 2.75) is 6.42 Å². The number of nitrogen functional groups attached to an aromatic ring is 1. The van der Waals surface area contributed by atoms with Crippen molar-refractivity contribution in [2.75, 3.05) is 17.6 Å². The number of halogens is 2. The van der Waals surface area contributed by atoms with E-state index < -0.39 is 5.91 Å². The molecule has 0 bridgehead atoms. The van der Waals surface area contributed by atoms with Crippen LogP contribution in [0.15, 0.2) is 58.7 Å². The molecule has 0 aliphatic rings. The van der Waals surface area contributed by atoms with Crippen LogP contribution in [0.5, 0.6) is 0 Å². The molecule has 7 heteroatoms. The topological polar surface area (TPSA) is 90.9 Å². The number of nitrogens with two attached hydrogens (primary N) is 1. The molecule has 0 heterocycles. The summed E-state index contributed by atoms with van der Waals surface area (Å²) in [6.07, 6.45) is 2.17. The van der Waals surface area contributed by atoms with E-state index in [1.165, 1.54) is 12.3 Å². The highest BCUT2D eigenvalue weighted by molar-refractivity contribution is 9.10. The molecular formula is C18H16BrClN4O. The van der Waals surface area contributed by atoms with E-state index in [0.29, 0.717) is 22.9 Å². The quantitative estimate of drug-likeness (QED) is 0.287. The van der Waals surface area contributed by atoms with E-state index in [1.54, 1.807) is 12.1 Å². The van der Waals surface area contributed by atoms with Crippen LogP contribution in [0.25, 0.3) is 0 Å². The molecule has 0 fully saturated rings. The van der Waals surface area contributed by atoms with Crippen molar-refractivity contribution >= 4 is 44.8 Å². The Morgan fingerprint density at radius 1 is 1.32 bits per heavy atom. The SMILES string of the molecule is N#C/C(=C/NCCc1cccc(Br)c1)C(=O)Nc1ccc(N)cc1Cl. The number of benzene rings is 2. The predicted molar refractivity (Wildman–Crippen MR) is 104 cm³/mol. The predicted octanol–water partition coefficient (Wildman–Crippen LogP) is 3.86. The Kier molecular flexibility index (Phi) is 6.87. The van der Waals surface area contributed by atoms with Crippen LogP contribution in [0.4, 0.5) is 11.4 Å². The summed E-state index contributed by atoms with van der Waals surface area (Å²) in [5, 5.41) is 15.0. The van der Waals surface area contributed by atoms with Crippen LogP contribution < -0.4 is 16.4 Å². The van der Waals surface area contributed by atoms with Gasteiger partial charge in [0, 0.05) is 22.9 Å². The first-order valence-corrected chi connectivity index (χ1v) is 8.61. The minimum absolute atomic E-state index is 0.0397. The molecule has 0 aliphatic carbocycles. The fourth-order valence-corrected chi connectivity index (χ4v) is 2.74. The van der Waals surface area contributed by atoms with Gasteiger partial charge in [0.2, 0.25) is 0 Å². The van der Waals surface area contributed by atoms with Crippen molar-refractivity contribution in [3.63, 3.8) is 0 Å². The number of nitriles is 1. The maximum absolute atomic E-state index is 12.2. The van der Waals surface area contributed by atoms with Crippen LogP contribution in [-0.4, -0.2) is 12.5 Å². The Hall–Kier alpha value is -2.49. The molecule has 0 aliphatic heterocycles. The highest BCUT2D eigenvalue weighted by Gasteiger charge is 2.11. The second kappa shape index (κ2) is 9.11. The van der Waals surface area contributed by atoms with Gasteiger partial charge in [-0.1, -0.05) is 39.7 Å². The number of amides is 1. The number of hydrogen-bond donors (Lipinski definition) is 3. The Morgan fingerprint density at radius 3 is 2.80 bits per heavy atom. The van der Waals surface area contributed by atoms with E-state index in [1.807, 2.05) is 30.3 Å². The molecule has 1 amide bonds. The first kappa shape index (κ1) is 18.8. The molecule has 0 unspecified atom stereocenters. The lowest BCUT2D eigenvalue weighted by Crippen LogP contribution is -2.18. The molecule has 128 valence electrons. The highest BCUT2D eigenvalue weighted by atomic mass is 79.9. The maximum Gasteiger partial charge on any atom is 0.267 e. The number of carbonyl (C=O) groups is 1. The van der Waals surface area contributed by atoms with Crippen LogP contribution in [0.2, 0.25) is 5.02 Å². The van der Waals surface area contributed by atoms with Gasteiger partial charge in [0.1, 0.15) is 11.6 Å². The molecule has 2 aromatic rings. The Bertz CT molecular complexity index is 845. The number of nitrogens with zero attached hydrogens (tertiary/aromatic N) is 1. The van der Waals surface area contributed by atoms with E-state index in [2.05, 4.69) is 26.6 Å². The average Bonchev–Trinajstić information content (AvgIpc) is 2.57. The van der Waals surface area contributed by atoms with E-state index in [9.17, 15) is 4.79 Å². The van der Waals surface area contributed by atoms with Crippen molar-refractivity contribution in [2.24, 2.45) is 0 Å². The zero-order chi connectivity index (χ0) is 18.2. The summed E-state index contributed by atoms with van der Waals surface area (Å²) in [5.74, 6) is -0.538. The third-order valence-corrected chi connectivity index (χ3v) is 4.11. The smallest absolute Gasteiger partial charge is 0.267 e. The fourth-order valence-electron chi connectivity index (χ4n) is 2.05. The van der Waals surface area contributed by atoms with E-state index in [-0.39, 0.29) is 5.57 Å². The molecule has 0 saturated carbocycles. The minimum atomic E-state index is -0.538. The average molecular weight is 420 g/mol. The summed E-state index contributed by atoms with van der Waals surface area (Å²) < 4.78 is 1.01. The molecule has 0 aromatic heterocycles. The second-order valence-electron chi connectivity index (χ2n) is 5.20.